The lowest BCUT2D eigenvalue weighted by Gasteiger charge is -2.26. The fraction of sp³-hybridized carbons (Fsp3) is 0.571. The Hall–Kier alpha value is -0.660. The second kappa shape index (κ2) is 6.62. The molecule has 2 rings (SSSR count). The Labute approximate surface area is 133 Å². The number of nitrogen functional groups attached to an aromatic ring is 1. The smallest absolute Gasteiger partial charge is 0.241 e. The van der Waals surface area contributed by atoms with Crippen molar-refractivity contribution in [3.63, 3.8) is 0 Å². The predicted octanol–water partition coefficient (Wildman–Crippen LogP) is 3.28. The Morgan fingerprint density at radius 3 is 2.81 bits per heavy atom. The minimum absolute atomic E-state index is 0.0229. The maximum absolute atomic E-state index is 13.3. The Kier molecular flexibility index (Phi) is 5.27. The molecule has 2 unspecified atom stereocenters. The van der Waals surface area contributed by atoms with Gasteiger partial charge in [0, 0.05) is 11.0 Å². The molecule has 21 heavy (non-hydrogen) atoms. The van der Waals surface area contributed by atoms with Gasteiger partial charge in [-0.3, -0.25) is 0 Å². The maximum Gasteiger partial charge on any atom is 0.241 e. The van der Waals surface area contributed by atoms with Gasteiger partial charge in [-0.1, -0.05) is 19.8 Å². The number of benzene rings is 1. The second-order valence-electron chi connectivity index (χ2n) is 5.79. The summed E-state index contributed by atoms with van der Waals surface area (Å²) in [7, 11) is -3.69. The molecule has 0 aromatic heterocycles. The van der Waals surface area contributed by atoms with Crippen molar-refractivity contribution >= 4 is 31.6 Å². The number of anilines is 1. The van der Waals surface area contributed by atoms with Crippen molar-refractivity contribution in [3.8, 4) is 0 Å². The summed E-state index contributed by atoms with van der Waals surface area (Å²) < 4.78 is 40.7. The van der Waals surface area contributed by atoms with Gasteiger partial charge in [0.25, 0.3) is 0 Å². The molecule has 7 heteroatoms. The van der Waals surface area contributed by atoms with Gasteiger partial charge >= 0.3 is 0 Å². The summed E-state index contributed by atoms with van der Waals surface area (Å²) in [5.74, 6) is 0.364. The first-order chi connectivity index (χ1) is 9.79. The Bertz CT molecular complexity index is 622. The largest absolute Gasteiger partial charge is 0.396 e. The molecule has 1 aromatic rings. The lowest BCUT2D eigenvalue weighted by atomic mass is 9.83. The maximum atomic E-state index is 13.3. The van der Waals surface area contributed by atoms with Crippen molar-refractivity contribution in [2.75, 3.05) is 12.3 Å². The summed E-state index contributed by atoms with van der Waals surface area (Å²) in [4.78, 5) is -0.0229. The van der Waals surface area contributed by atoms with Gasteiger partial charge in [0.2, 0.25) is 10.0 Å². The molecule has 0 aliphatic heterocycles. The number of hydrogen-bond donors (Lipinski definition) is 2. The summed E-state index contributed by atoms with van der Waals surface area (Å²) >= 11 is 3.08. The summed E-state index contributed by atoms with van der Waals surface area (Å²) in [6, 6.07) is 2.22. The van der Waals surface area contributed by atoms with E-state index in [0.717, 1.165) is 31.4 Å². The Balaban J connectivity index is 2.10. The van der Waals surface area contributed by atoms with Crippen LogP contribution >= 0.6 is 15.9 Å². The quantitative estimate of drug-likeness (QED) is 0.789. The van der Waals surface area contributed by atoms with E-state index in [1.54, 1.807) is 0 Å². The molecular formula is C14H20BrFN2O2S. The number of rotatable bonds is 4. The molecule has 0 spiro atoms. The van der Waals surface area contributed by atoms with Crippen LogP contribution < -0.4 is 10.5 Å². The van der Waals surface area contributed by atoms with E-state index in [2.05, 4.69) is 27.6 Å². The summed E-state index contributed by atoms with van der Waals surface area (Å²) in [5.41, 5.74) is 5.28. The zero-order chi connectivity index (χ0) is 15.6. The number of sulfonamides is 1. The molecule has 4 nitrogen and oxygen atoms in total. The van der Waals surface area contributed by atoms with Gasteiger partial charge < -0.3 is 5.73 Å². The fourth-order valence-corrected chi connectivity index (χ4v) is 4.96. The van der Waals surface area contributed by atoms with E-state index in [4.69, 9.17) is 5.73 Å². The molecule has 3 N–H and O–H groups in total. The van der Waals surface area contributed by atoms with E-state index in [1.165, 1.54) is 6.42 Å². The normalized spacial score (nSPS) is 23.2. The van der Waals surface area contributed by atoms with E-state index >= 15 is 0 Å². The van der Waals surface area contributed by atoms with Crippen LogP contribution in [0.15, 0.2) is 21.5 Å². The highest BCUT2D eigenvalue weighted by molar-refractivity contribution is 9.10. The van der Waals surface area contributed by atoms with E-state index in [1.807, 2.05) is 0 Å². The molecule has 1 aliphatic rings. The van der Waals surface area contributed by atoms with Crippen LogP contribution in [0.25, 0.3) is 0 Å². The Morgan fingerprint density at radius 2 is 2.14 bits per heavy atom. The monoisotopic (exact) mass is 378 g/mol. The molecule has 2 atom stereocenters. The molecule has 1 aliphatic carbocycles. The van der Waals surface area contributed by atoms with Gasteiger partial charge in [0.05, 0.1) is 10.6 Å². The number of nitrogens with two attached hydrogens (primary N) is 1. The SMILES string of the molecule is CC1CCCC(CNS(=O)(=O)c2cc(N)c(F)cc2Br)C1. The van der Waals surface area contributed by atoms with Crippen LogP contribution in [0.3, 0.4) is 0 Å². The average molecular weight is 379 g/mol. The molecule has 1 fully saturated rings. The zero-order valence-corrected chi connectivity index (χ0v) is 14.3. The van der Waals surface area contributed by atoms with E-state index in [9.17, 15) is 12.8 Å². The van der Waals surface area contributed by atoms with Crippen LogP contribution in [0.2, 0.25) is 0 Å². The topological polar surface area (TPSA) is 72.2 Å². The standard InChI is InChI=1S/C14H20BrFN2O2S/c1-9-3-2-4-10(5-9)8-18-21(19,20)14-7-13(17)12(16)6-11(14)15/h6-7,9-10,18H,2-5,8,17H2,1H3. The molecule has 0 amide bonds. The first-order valence-corrected chi connectivity index (χ1v) is 9.31. The van der Waals surface area contributed by atoms with Crippen LogP contribution in [0.4, 0.5) is 10.1 Å². The van der Waals surface area contributed by atoms with Crippen LogP contribution in [-0.4, -0.2) is 15.0 Å². The average Bonchev–Trinajstić information content (AvgIpc) is 2.41. The molecule has 1 aromatic carbocycles. The third-order valence-corrected chi connectivity index (χ3v) is 6.33. The predicted molar refractivity (Wildman–Crippen MR) is 84.8 cm³/mol. The lowest BCUT2D eigenvalue weighted by Crippen LogP contribution is -2.31. The minimum Gasteiger partial charge on any atom is -0.396 e. The van der Waals surface area contributed by atoms with Gasteiger partial charge in [-0.2, -0.15) is 0 Å². The minimum atomic E-state index is -3.69. The summed E-state index contributed by atoms with van der Waals surface area (Å²) in [6.45, 7) is 2.61. The molecule has 0 saturated heterocycles. The molecule has 1 saturated carbocycles. The van der Waals surface area contributed by atoms with E-state index < -0.39 is 15.8 Å². The van der Waals surface area contributed by atoms with Gasteiger partial charge in [-0.25, -0.2) is 17.5 Å². The highest BCUT2D eigenvalue weighted by Gasteiger charge is 2.23. The molecule has 0 radical (unpaired) electrons. The summed E-state index contributed by atoms with van der Waals surface area (Å²) in [6.07, 6.45) is 4.43. The molecular weight excluding hydrogens is 359 g/mol. The number of hydrogen-bond acceptors (Lipinski definition) is 3. The third-order valence-electron chi connectivity index (χ3n) is 3.95. The second-order valence-corrected chi connectivity index (χ2v) is 8.38. The van der Waals surface area contributed by atoms with Crippen LogP contribution in [0.1, 0.15) is 32.6 Å². The van der Waals surface area contributed by atoms with Crippen LogP contribution in [0.5, 0.6) is 0 Å². The van der Waals surface area contributed by atoms with Crippen molar-refractivity contribution < 1.29 is 12.8 Å². The molecule has 0 bridgehead atoms. The highest BCUT2D eigenvalue weighted by atomic mass is 79.9. The molecule has 118 valence electrons. The third kappa shape index (κ3) is 4.17. The van der Waals surface area contributed by atoms with Gasteiger partial charge in [0.15, 0.2) is 0 Å². The van der Waals surface area contributed by atoms with Gasteiger partial charge in [-0.05, 0) is 52.7 Å². The van der Waals surface area contributed by atoms with Crippen LogP contribution in [0, 0.1) is 17.7 Å². The number of halogens is 2. The molecule has 0 heterocycles. The van der Waals surface area contributed by atoms with Gasteiger partial charge in [0.1, 0.15) is 5.82 Å². The van der Waals surface area contributed by atoms with Crippen LogP contribution in [-0.2, 0) is 10.0 Å². The summed E-state index contributed by atoms with van der Waals surface area (Å²) in [5, 5.41) is 0. The first kappa shape index (κ1) is 16.7. The van der Waals surface area contributed by atoms with Crippen molar-refractivity contribution in [2.24, 2.45) is 11.8 Å². The Morgan fingerprint density at radius 1 is 1.43 bits per heavy atom. The fourth-order valence-electron chi connectivity index (χ4n) is 2.80. The number of nitrogens with one attached hydrogen (secondary N) is 1. The van der Waals surface area contributed by atoms with E-state index in [-0.39, 0.29) is 15.1 Å². The first-order valence-electron chi connectivity index (χ1n) is 7.04. The van der Waals surface area contributed by atoms with Crippen molar-refractivity contribution in [3.05, 3.63) is 22.4 Å². The zero-order valence-electron chi connectivity index (χ0n) is 11.9. The van der Waals surface area contributed by atoms with E-state index in [0.29, 0.717) is 18.4 Å². The lowest BCUT2D eigenvalue weighted by molar-refractivity contribution is 0.283. The van der Waals surface area contributed by atoms with Crippen molar-refractivity contribution in [1.29, 1.82) is 0 Å². The van der Waals surface area contributed by atoms with Crippen molar-refractivity contribution in [2.45, 2.75) is 37.5 Å². The van der Waals surface area contributed by atoms with Gasteiger partial charge in [-0.15, -0.1) is 0 Å². The van der Waals surface area contributed by atoms with Crippen molar-refractivity contribution in [1.82, 2.24) is 4.72 Å². The highest BCUT2D eigenvalue weighted by Crippen LogP contribution is 2.29.